The van der Waals surface area contributed by atoms with Crippen LogP contribution in [0.4, 0.5) is 0 Å². The number of hydrogen-bond acceptors (Lipinski definition) is 2. The van der Waals surface area contributed by atoms with Crippen LogP contribution in [0.2, 0.25) is 0 Å². The summed E-state index contributed by atoms with van der Waals surface area (Å²) in [5.41, 5.74) is 2.60. The van der Waals surface area contributed by atoms with Gasteiger partial charge in [-0.1, -0.05) is 46.8 Å². The molecule has 0 aromatic carbocycles. The summed E-state index contributed by atoms with van der Waals surface area (Å²) in [5.74, 6) is 3.33. The summed E-state index contributed by atoms with van der Waals surface area (Å²) in [5, 5.41) is 21.5. The van der Waals surface area contributed by atoms with Crippen molar-refractivity contribution in [1.82, 2.24) is 0 Å². The molecule has 0 radical (unpaired) electrons. The quantitative estimate of drug-likeness (QED) is 0.452. The molecular weight excluding hydrogens is 392 g/mol. The van der Waals surface area contributed by atoms with E-state index in [0.717, 1.165) is 18.3 Å². The van der Waals surface area contributed by atoms with Crippen molar-refractivity contribution in [3.05, 3.63) is 12.2 Å². The summed E-state index contributed by atoms with van der Waals surface area (Å²) in [7, 11) is 0. The highest BCUT2D eigenvalue weighted by Crippen LogP contribution is 2.77. The molecule has 0 aromatic heterocycles. The highest BCUT2D eigenvalue weighted by atomic mass is 16.3. The zero-order valence-corrected chi connectivity index (χ0v) is 21.8. The first-order valence-electron chi connectivity index (χ1n) is 13.8. The highest BCUT2D eigenvalue weighted by Gasteiger charge is 2.70. The largest absolute Gasteiger partial charge is 0.396 e. The predicted molar refractivity (Wildman–Crippen MR) is 132 cm³/mol. The van der Waals surface area contributed by atoms with Gasteiger partial charge in [0, 0.05) is 6.61 Å². The molecule has 2 heteroatoms. The van der Waals surface area contributed by atoms with Gasteiger partial charge in [0.25, 0.3) is 0 Å². The topological polar surface area (TPSA) is 40.5 Å². The van der Waals surface area contributed by atoms with Crippen molar-refractivity contribution in [2.45, 2.75) is 112 Å². The average Bonchev–Trinajstić information content (AvgIpc) is 3.12. The van der Waals surface area contributed by atoms with Gasteiger partial charge in [-0.05, 0) is 128 Å². The lowest BCUT2D eigenvalue weighted by atomic mass is 9.32. The molecule has 0 heterocycles. The van der Waals surface area contributed by atoms with Gasteiger partial charge >= 0.3 is 0 Å². The lowest BCUT2D eigenvalue weighted by molar-refractivity contribution is -0.249. The molecule has 32 heavy (non-hydrogen) atoms. The molecular formula is C30H50O2. The summed E-state index contributed by atoms with van der Waals surface area (Å²) in [6.07, 6.45) is 12.2. The van der Waals surface area contributed by atoms with Crippen LogP contribution in [0.1, 0.15) is 106 Å². The Labute approximate surface area is 197 Å². The van der Waals surface area contributed by atoms with E-state index in [0.29, 0.717) is 40.6 Å². The summed E-state index contributed by atoms with van der Waals surface area (Å²) in [6, 6.07) is 0. The third-order valence-electron chi connectivity index (χ3n) is 13.5. The van der Waals surface area contributed by atoms with E-state index in [9.17, 15) is 10.2 Å². The monoisotopic (exact) mass is 442 g/mol. The number of aliphatic hydroxyl groups is 2. The van der Waals surface area contributed by atoms with Crippen LogP contribution in [-0.2, 0) is 0 Å². The third kappa shape index (κ3) is 2.66. The SMILES string of the molecule is C=C(C)[C@@H]1CC[C@]2(CO)CC[C@@]3(C)[C@H](CC[C@H]4[C@@]5(C)CC[C@H](O)C(C)(C)[C@@H]5CC[C@]43C)[C@@H]12. The summed E-state index contributed by atoms with van der Waals surface area (Å²) >= 11 is 0. The van der Waals surface area contributed by atoms with E-state index in [1.807, 2.05) is 0 Å². The van der Waals surface area contributed by atoms with Gasteiger partial charge in [0.05, 0.1) is 6.10 Å². The lowest BCUT2D eigenvalue weighted by Gasteiger charge is -2.73. The molecule has 5 fully saturated rings. The minimum Gasteiger partial charge on any atom is -0.396 e. The van der Waals surface area contributed by atoms with Gasteiger partial charge in [0.15, 0.2) is 0 Å². The zero-order chi connectivity index (χ0) is 23.3. The van der Waals surface area contributed by atoms with Crippen LogP contribution >= 0.6 is 0 Å². The number of hydrogen-bond donors (Lipinski definition) is 2. The maximum Gasteiger partial charge on any atom is 0.0594 e. The first kappa shape index (κ1) is 23.4. The fourth-order valence-corrected chi connectivity index (χ4v) is 11.5. The van der Waals surface area contributed by atoms with Gasteiger partial charge in [-0.15, -0.1) is 0 Å². The summed E-state index contributed by atoms with van der Waals surface area (Å²) < 4.78 is 0. The molecule has 5 rings (SSSR count). The molecule has 5 saturated carbocycles. The van der Waals surface area contributed by atoms with E-state index in [-0.39, 0.29) is 16.9 Å². The molecule has 0 amide bonds. The Morgan fingerprint density at radius 2 is 1.53 bits per heavy atom. The van der Waals surface area contributed by atoms with Crippen molar-refractivity contribution in [2.75, 3.05) is 6.61 Å². The van der Waals surface area contributed by atoms with Crippen LogP contribution in [0.3, 0.4) is 0 Å². The predicted octanol–water partition coefficient (Wildman–Crippen LogP) is 7.00. The first-order chi connectivity index (χ1) is 14.9. The fraction of sp³-hybridized carbons (Fsp3) is 0.933. The van der Waals surface area contributed by atoms with Crippen LogP contribution in [0.5, 0.6) is 0 Å². The molecule has 10 atom stereocenters. The lowest BCUT2D eigenvalue weighted by Crippen LogP contribution is -2.66. The van der Waals surface area contributed by atoms with Crippen LogP contribution in [0, 0.1) is 56.7 Å². The number of rotatable bonds is 2. The van der Waals surface area contributed by atoms with Crippen molar-refractivity contribution in [1.29, 1.82) is 0 Å². The van der Waals surface area contributed by atoms with Gasteiger partial charge in [-0.25, -0.2) is 0 Å². The first-order valence-corrected chi connectivity index (χ1v) is 13.8. The van der Waals surface area contributed by atoms with E-state index in [4.69, 9.17) is 0 Å². The maximum atomic E-state index is 10.9. The second-order valence-electron chi connectivity index (χ2n) is 14.6. The number of aliphatic hydroxyl groups excluding tert-OH is 2. The highest BCUT2D eigenvalue weighted by molar-refractivity contribution is 5.21. The van der Waals surface area contributed by atoms with Crippen molar-refractivity contribution in [3.8, 4) is 0 Å². The molecule has 0 spiro atoms. The molecule has 0 saturated heterocycles. The zero-order valence-electron chi connectivity index (χ0n) is 21.8. The molecule has 0 unspecified atom stereocenters. The summed E-state index contributed by atoms with van der Waals surface area (Å²) in [6.45, 7) is 19.7. The smallest absolute Gasteiger partial charge is 0.0594 e. The molecule has 0 bridgehead atoms. The molecule has 0 aromatic rings. The van der Waals surface area contributed by atoms with Gasteiger partial charge in [-0.2, -0.15) is 0 Å². The van der Waals surface area contributed by atoms with Crippen LogP contribution in [0.25, 0.3) is 0 Å². The molecule has 2 nitrogen and oxygen atoms in total. The third-order valence-corrected chi connectivity index (χ3v) is 13.5. The van der Waals surface area contributed by atoms with Gasteiger partial charge < -0.3 is 10.2 Å². The van der Waals surface area contributed by atoms with Gasteiger partial charge in [-0.3, -0.25) is 0 Å². The van der Waals surface area contributed by atoms with E-state index >= 15 is 0 Å². The van der Waals surface area contributed by atoms with Crippen molar-refractivity contribution < 1.29 is 10.2 Å². The Morgan fingerprint density at radius 3 is 2.19 bits per heavy atom. The van der Waals surface area contributed by atoms with E-state index in [2.05, 4.69) is 48.1 Å². The Kier molecular flexibility index (Phi) is 5.19. The van der Waals surface area contributed by atoms with Crippen molar-refractivity contribution in [3.63, 3.8) is 0 Å². The van der Waals surface area contributed by atoms with Crippen molar-refractivity contribution >= 4 is 0 Å². The second kappa shape index (κ2) is 7.09. The Balaban J connectivity index is 1.55. The maximum absolute atomic E-state index is 10.9. The molecule has 5 aliphatic carbocycles. The van der Waals surface area contributed by atoms with Gasteiger partial charge in [0.2, 0.25) is 0 Å². The molecule has 2 N–H and O–H groups in total. The van der Waals surface area contributed by atoms with Crippen LogP contribution in [-0.4, -0.2) is 22.9 Å². The Hall–Kier alpha value is -0.340. The standard InChI is InChI=1S/C30H50O2/c1-19(2)20-10-15-30(18-31)17-16-28(6)21(25(20)30)8-9-23-27(5)13-12-24(32)26(3,4)22(27)11-14-29(23,28)7/h20-25,31-32H,1,8-18H2,2-7H3/t20-,21+,22-,23-,24-,25+,27-,28-,29+,30+/m0/s1. The Bertz CT molecular complexity index is 786. The number of allylic oxidation sites excluding steroid dienone is 1. The van der Waals surface area contributed by atoms with Gasteiger partial charge in [0.1, 0.15) is 0 Å². The van der Waals surface area contributed by atoms with E-state index < -0.39 is 0 Å². The van der Waals surface area contributed by atoms with E-state index in [1.54, 1.807) is 0 Å². The van der Waals surface area contributed by atoms with Crippen molar-refractivity contribution in [2.24, 2.45) is 56.7 Å². The number of fused-ring (bicyclic) bond motifs is 7. The van der Waals surface area contributed by atoms with Crippen LogP contribution in [0.15, 0.2) is 12.2 Å². The minimum absolute atomic E-state index is 0.0290. The molecule has 0 aliphatic heterocycles. The Morgan fingerprint density at radius 1 is 0.812 bits per heavy atom. The van der Waals surface area contributed by atoms with Crippen LogP contribution < -0.4 is 0 Å². The average molecular weight is 443 g/mol. The fourth-order valence-electron chi connectivity index (χ4n) is 11.5. The van der Waals surface area contributed by atoms with E-state index in [1.165, 1.54) is 63.4 Å². The normalized spacial score (nSPS) is 56.5. The molecule has 182 valence electrons. The minimum atomic E-state index is -0.147. The molecule has 5 aliphatic rings. The summed E-state index contributed by atoms with van der Waals surface area (Å²) in [4.78, 5) is 0. The second-order valence-corrected chi connectivity index (χ2v) is 14.6.